The molecule has 1 fully saturated rings. The van der Waals surface area contributed by atoms with Gasteiger partial charge in [-0.05, 0) is 48.9 Å². The highest BCUT2D eigenvalue weighted by Gasteiger charge is 2.21. The van der Waals surface area contributed by atoms with Crippen LogP contribution in [0.2, 0.25) is 5.02 Å². The van der Waals surface area contributed by atoms with E-state index in [2.05, 4.69) is 9.88 Å². The number of morpholine rings is 1. The van der Waals surface area contributed by atoms with Crippen molar-refractivity contribution in [3.8, 4) is 5.75 Å². The maximum absolute atomic E-state index is 13.6. The van der Waals surface area contributed by atoms with Crippen LogP contribution in [0.1, 0.15) is 6.42 Å². The molecule has 0 bridgehead atoms. The Morgan fingerprint density at radius 3 is 2.72 bits per heavy atom. The quantitative estimate of drug-likeness (QED) is 0.451. The van der Waals surface area contributed by atoms with E-state index in [-0.39, 0.29) is 30.7 Å². The van der Waals surface area contributed by atoms with Crippen molar-refractivity contribution in [2.24, 2.45) is 0 Å². The number of fused-ring (bicyclic) bond motifs is 1. The van der Waals surface area contributed by atoms with E-state index in [1.807, 2.05) is 0 Å². The van der Waals surface area contributed by atoms with E-state index in [1.165, 1.54) is 23.5 Å². The van der Waals surface area contributed by atoms with Gasteiger partial charge in [0.2, 0.25) is 0 Å². The first-order valence-corrected chi connectivity index (χ1v) is 11.3. The van der Waals surface area contributed by atoms with Crippen LogP contribution in [-0.4, -0.2) is 61.8 Å². The van der Waals surface area contributed by atoms with Gasteiger partial charge in [-0.3, -0.25) is 14.6 Å². The summed E-state index contributed by atoms with van der Waals surface area (Å²) >= 11 is 7.20. The minimum Gasteiger partial charge on any atom is -0.484 e. The number of halogens is 3. The lowest BCUT2D eigenvalue weighted by Crippen LogP contribution is -2.40. The van der Waals surface area contributed by atoms with E-state index in [1.54, 1.807) is 35.2 Å². The molecule has 0 aliphatic carbocycles. The monoisotopic (exact) mass is 499 g/mol. The van der Waals surface area contributed by atoms with Crippen LogP contribution < -0.4 is 9.64 Å². The Hall–Kier alpha value is -1.97. The van der Waals surface area contributed by atoms with Crippen molar-refractivity contribution in [2.45, 2.75) is 6.42 Å². The van der Waals surface area contributed by atoms with Gasteiger partial charge in [0.1, 0.15) is 11.6 Å². The normalized spacial score (nSPS) is 14.2. The second kappa shape index (κ2) is 11.8. The highest BCUT2D eigenvalue weighted by molar-refractivity contribution is 7.22. The second-order valence-corrected chi connectivity index (χ2v) is 8.65. The number of thiazole rings is 1. The lowest BCUT2D eigenvalue weighted by atomic mass is 10.3. The summed E-state index contributed by atoms with van der Waals surface area (Å²) in [5.41, 5.74) is 0.672. The minimum absolute atomic E-state index is 0. The maximum atomic E-state index is 13.6. The molecule has 1 aromatic heterocycles. The van der Waals surface area contributed by atoms with Gasteiger partial charge >= 0.3 is 0 Å². The number of benzene rings is 2. The van der Waals surface area contributed by atoms with Crippen LogP contribution in [0.5, 0.6) is 5.75 Å². The Morgan fingerprint density at radius 1 is 1.22 bits per heavy atom. The van der Waals surface area contributed by atoms with E-state index < -0.39 is 0 Å². The first kappa shape index (κ1) is 24.7. The molecule has 2 heterocycles. The fraction of sp³-hybridized carbons (Fsp3) is 0.364. The topological polar surface area (TPSA) is 54.9 Å². The molecule has 0 atom stereocenters. The summed E-state index contributed by atoms with van der Waals surface area (Å²) in [7, 11) is 0. The molecule has 0 saturated carbocycles. The third-order valence-corrected chi connectivity index (χ3v) is 6.30. The zero-order valence-electron chi connectivity index (χ0n) is 17.3. The van der Waals surface area contributed by atoms with E-state index in [4.69, 9.17) is 21.1 Å². The fourth-order valence-corrected chi connectivity index (χ4v) is 4.52. The molecule has 172 valence electrons. The van der Waals surface area contributed by atoms with Crippen LogP contribution in [0.3, 0.4) is 0 Å². The lowest BCUT2D eigenvalue weighted by Gasteiger charge is -2.27. The molecule has 32 heavy (non-hydrogen) atoms. The Balaban J connectivity index is 0.00000289. The number of amides is 1. The summed E-state index contributed by atoms with van der Waals surface area (Å²) in [6, 6.07) is 11.3. The summed E-state index contributed by atoms with van der Waals surface area (Å²) in [4.78, 5) is 21.6. The van der Waals surface area contributed by atoms with Crippen molar-refractivity contribution in [3.05, 3.63) is 53.3 Å². The predicted octanol–water partition coefficient (Wildman–Crippen LogP) is 4.64. The summed E-state index contributed by atoms with van der Waals surface area (Å²) in [6.07, 6.45) is 0.789. The van der Waals surface area contributed by atoms with Gasteiger partial charge in [-0.25, -0.2) is 9.37 Å². The van der Waals surface area contributed by atoms with Crippen molar-refractivity contribution in [3.63, 3.8) is 0 Å². The van der Waals surface area contributed by atoms with Crippen LogP contribution >= 0.6 is 35.3 Å². The standard InChI is InChI=1S/C22H23ClFN3O3S.ClH/c23-16-2-5-18(6-3-16)30-15-21(28)27(9-1-8-26-10-12-29-13-11-26)22-25-19-7-4-17(24)14-20(19)31-22;/h2-7,14H,1,8-13,15H2;1H. The molecular formula is C22H24Cl2FN3O3S. The number of rotatable bonds is 8. The van der Waals surface area contributed by atoms with Gasteiger partial charge in [0.05, 0.1) is 23.4 Å². The van der Waals surface area contributed by atoms with E-state index in [0.717, 1.165) is 39.3 Å². The molecule has 10 heteroatoms. The van der Waals surface area contributed by atoms with E-state index >= 15 is 0 Å². The first-order valence-electron chi connectivity index (χ1n) is 10.1. The van der Waals surface area contributed by atoms with Crippen molar-refractivity contribution < 1.29 is 18.7 Å². The average molecular weight is 500 g/mol. The second-order valence-electron chi connectivity index (χ2n) is 7.20. The zero-order chi connectivity index (χ0) is 21.6. The van der Waals surface area contributed by atoms with Gasteiger partial charge in [0.15, 0.2) is 11.7 Å². The number of anilines is 1. The summed E-state index contributed by atoms with van der Waals surface area (Å²) in [5, 5.41) is 1.15. The third kappa shape index (κ3) is 6.52. The lowest BCUT2D eigenvalue weighted by molar-refractivity contribution is -0.120. The van der Waals surface area contributed by atoms with Crippen molar-refractivity contribution in [1.29, 1.82) is 0 Å². The highest BCUT2D eigenvalue weighted by atomic mass is 35.5. The Morgan fingerprint density at radius 2 is 1.97 bits per heavy atom. The van der Waals surface area contributed by atoms with Crippen LogP contribution in [0.4, 0.5) is 9.52 Å². The van der Waals surface area contributed by atoms with E-state index in [0.29, 0.717) is 32.7 Å². The molecule has 0 radical (unpaired) electrons. The number of carbonyl (C=O) groups excluding carboxylic acids is 1. The zero-order valence-corrected chi connectivity index (χ0v) is 19.7. The van der Waals surface area contributed by atoms with Gasteiger partial charge in [0.25, 0.3) is 5.91 Å². The number of carbonyl (C=O) groups is 1. The van der Waals surface area contributed by atoms with Gasteiger partial charge in [-0.15, -0.1) is 12.4 Å². The molecule has 1 aliphatic heterocycles. The summed E-state index contributed by atoms with van der Waals surface area (Å²) in [5.74, 6) is 0.0489. The van der Waals surface area contributed by atoms with Gasteiger partial charge < -0.3 is 9.47 Å². The summed E-state index contributed by atoms with van der Waals surface area (Å²) in [6.45, 7) is 4.51. The van der Waals surface area contributed by atoms with Crippen molar-refractivity contribution >= 4 is 56.6 Å². The Labute approximate surface area is 201 Å². The maximum Gasteiger partial charge on any atom is 0.266 e. The number of aromatic nitrogens is 1. The van der Waals surface area contributed by atoms with Gasteiger partial charge in [0, 0.05) is 31.2 Å². The molecule has 4 rings (SSSR count). The number of hydrogen-bond donors (Lipinski definition) is 0. The predicted molar refractivity (Wildman–Crippen MR) is 128 cm³/mol. The number of nitrogens with zero attached hydrogens (tertiary/aromatic N) is 3. The number of hydrogen-bond acceptors (Lipinski definition) is 6. The highest BCUT2D eigenvalue weighted by Crippen LogP contribution is 2.30. The molecule has 6 nitrogen and oxygen atoms in total. The molecule has 1 aliphatic rings. The fourth-order valence-electron chi connectivity index (χ4n) is 3.36. The molecule has 0 N–H and O–H groups in total. The molecule has 2 aromatic carbocycles. The SMILES string of the molecule is Cl.O=C(COc1ccc(Cl)cc1)N(CCCN1CCOCC1)c1nc2ccc(F)cc2s1. The van der Waals surface area contributed by atoms with Crippen LogP contribution in [0, 0.1) is 5.82 Å². The molecule has 0 spiro atoms. The van der Waals surface area contributed by atoms with Crippen molar-refractivity contribution in [1.82, 2.24) is 9.88 Å². The molecule has 0 unspecified atom stereocenters. The molecule has 1 saturated heterocycles. The molecule has 1 amide bonds. The third-order valence-electron chi connectivity index (χ3n) is 5.01. The first-order chi connectivity index (χ1) is 15.1. The van der Waals surface area contributed by atoms with Crippen LogP contribution in [0.15, 0.2) is 42.5 Å². The Kier molecular flexibility index (Phi) is 9.07. The average Bonchev–Trinajstić information content (AvgIpc) is 3.19. The van der Waals surface area contributed by atoms with Crippen molar-refractivity contribution in [2.75, 3.05) is 50.9 Å². The largest absolute Gasteiger partial charge is 0.484 e. The molecule has 3 aromatic rings. The van der Waals surface area contributed by atoms with Gasteiger partial charge in [-0.1, -0.05) is 22.9 Å². The Bertz CT molecular complexity index is 1030. The number of ether oxygens (including phenoxy) is 2. The van der Waals surface area contributed by atoms with E-state index in [9.17, 15) is 9.18 Å². The van der Waals surface area contributed by atoms with Crippen LogP contribution in [-0.2, 0) is 9.53 Å². The summed E-state index contributed by atoms with van der Waals surface area (Å²) < 4.78 is 25.4. The minimum atomic E-state index is -0.320. The van der Waals surface area contributed by atoms with Crippen LogP contribution in [0.25, 0.3) is 10.2 Å². The van der Waals surface area contributed by atoms with Gasteiger partial charge in [-0.2, -0.15) is 0 Å². The smallest absolute Gasteiger partial charge is 0.266 e. The molecular weight excluding hydrogens is 476 g/mol.